The van der Waals surface area contributed by atoms with E-state index in [1.807, 2.05) is 37.8 Å². The molecule has 1 amide bonds. The highest BCUT2D eigenvalue weighted by Gasteiger charge is 2.40. The van der Waals surface area contributed by atoms with E-state index in [2.05, 4.69) is 25.7 Å². The van der Waals surface area contributed by atoms with Crippen molar-refractivity contribution in [3.05, 3.63) is 40.3 Å². The molecule has 39 heavy (non-hydrogen) atoms. The Balaban J connectivity index is 1.63. The predicted octanol–water partition coefficient (Wildman–Crippen LogP) is 6.16. The number of carbonyl (C=O) groups excluding carboxylic acids is 1. The van der Waals surface area contributed by atoms with Gasteiger partial charge in [-0.15, -0.1) is 11.3 Å². The second-order valence-corrected chi connectivity index (χ2v) is 13.4. The number of amides is 1. The van der Waals surface area contributed by atoms with E-state index >= 15 is 0 Å². The molecule has 0 aliphatic heterocycles. The first kappa shape index (κ1) is 28.9. The van der Waals surface area contributed by atoms with Gasteiger partial charge in [-0.25, -0.2) is 4.79 Å². The van der Waals surface area contributed by atoms with Gasteiger partial charge >= 0.3 is 5.97 Å². The van der Waals surface area contributed by atoms with Gasteiger partial charge < -0.3 is 14.7 Å². The van der Waals surface area contributed by atoms with Crippen LogP contribution in [0.2, 0.25) is 0 Å². The first-order valence-electron chi connectivity index (χ1n) is 14.0. The number of nitrogens with zero attached hydrogens (tertiary/aromatic N) is 2. The van der Waals surface area contributed by atoms with Gasteiger partial charge in [-0.1, -0.05) is 25.7 Å². The Morgan fingerprint density at radius 2 is 1.85 bits per heavy atom. The van der Waals surface area contributed by atoms with E-state index in [0.717, 1.165) is 48.2 Å². The third-order valence-corrected chi connectivity index (χ3v) is 8.81. The van der Waals surface area contributed by atoms with Crippen molar-refractivity contribution in [3.8, 4) is 17.6 Å². The molecule has 2 aliphatic carbocycles. The lowest BCUT2D eigenvalue weighted by molar-refractivity contribution is -0.905. The van der Waals surface area contributed by atoms with Crippen LogP contribution in [0.4, 0.5) is 5.69 Å². The van der Waals surface area contributed by atoms with Gasteiger partial charge in [-0.3, -0.25) is 10.0 Å². The van der Waals surface area contributed by atoms with Gasteiger partial charge in [0.15, 0.2) is 5.75 Å². The minimum atomic E-state index is -1.03. The van der Waals surface area contributed by atoms with Crippen molar-refractivity contribution in [1.29, 1.82) is 0 Å². The van der Waals surface area contributed by atoms with Gasteiger partial charge in [0.1, 0.15) is 4.88 Å². The molecule has 7 nitrogen and oxygen atoms in total. The lowest BCUT2D eigenvalue weighted by atomic mass is 9.74. The average molecular weight is 554 g/mol. The molecule has 4 rings (SSSR count). The Morgan fingerprint density at radius 1 is 1.13 bits per heavy atom. The minimum absolute atomic E-state index is 0.0373. The number of hydrogen-bond acceptors (Lipinski definition) is 5. The van der Waals surface area contributed by atoms with Gasteiger partial charge in [-0.2, -0.15) is 0 Å². The molecule has 3 unspecified atom stereocenters. The molecule has 0 saturated heterocycles. The molecule has 2 aliphatic rings. The smallest absolute Gasteiger partial charge is 0.348 e. The minimum Gasteiger partial charge on any atom is -0.484 e. The molecule has 0 spiro atoms. The third-order valence-electron chi connectivity index (χ3n) is 7.78. The molecular formula is C31H41N2O5S+. The fourth-order valence-electron chi connectivity index (χ4n) is 5.86. The van der Waals surface area contributed by atoms with Crippen LogP contribution in [0.25, 0.3) is 0 Å². The average Bonchev–Trinajstić information content (AvgIpc) is 3.28. The Hall–Kier alpha value is -3.05. The molecule has 8 heteroatoms. The van der Waals surface area contributed by atoms with Crippen LogP contribution in [-0.4, -0.2) is 34.3 Å². The summed E-state index contributed by atoms with van der Waals surface area (Å²) in [7, 11) is 0. The van der Waals surface area contributed by atoms with E-state index in [1.165, 1.54) is 12.4 Å². The summed E-state index contributed by atoms with van der Waals surface area (Å²) in [4.78, 5) is 29.3. The van der Waals surface area contributed by atoms with Crippen molar-refractivity contribution >= 4 is 28.9 Å². The standard InChI is InChI=1S/C31H40N2O5S/c1-20-8-13-26(21(2)17-20)29(34)33(27-18-25(14-15-31(3,4)5)39-28(27)30(35)36)22-9-11-23(12-10-22)38-24-7-6-16-32(37)19-24/h6-7,16,18-23,26H,8-13,17H2,1-5H3,(H-,35,36,37)/p+1. The van der Waals surface area contributed by atoms with Crippen LogP contribution in [0.15, 0.2) is 30.6 Å². The summed E-state index contributed by atoms with van der Waals surface area (Å²) in [6.07, 6.45) is 8.73. The number of aromatic carboxylic acids is 1. The number of thiophene rings is 1. The molecule has 210 valence electrons. The highest BCUT2D eigenvalue weighted by atomic mass is 32.1. The molecule has 2 N–H and O–H groups in total. The van der Waals surface area contributed by atoms with Crippen molar-refractivity contribution in [1.82, 2.24) is 0 Å². The fraction of sp³-hybridized carbons (Fsp3) is 0.581. The van der Waals surface area contributed by atoms with Crippen molar-refractivity contribution in [2.45, 2.75) is 91.7 Å². The molecule has 3 atom stereocenters. The Kier molecular flexibility index (Phi) is 8.90. The number of aromatic nitrogens is 1. The summed E-state index contributed by atoms with van der Waals surface area (Å²) in [6, 6.07) is 5.23. The molecule has 2 aromatic rings. The monoisotopic (exact) mass is 553 g/mol. The van der Waals surface area contributed by atoms with Crippen LogP contribution in [0.1, 0.15) is 94.1 Å². The number of hydrogen-bond donors (Lipinski definition) is 2. The number of carboxylic acids is 1. The predicted molar refractivity (Wildman–Crippen MR) is 151 cm³/mol. The molecule has 0 aromatic carbocycles. The molecule has 2 saturated carbocycles. The van der Waals surface area contributed by atoms with Crippen LogP contribution < -0.4 is 14.4 Å². The second-order valence-electron chi connectivity index (χ2n) is 12.3. The van der Waals surface area contributed by atoms with Crippen molar-refractivity contribution in [3.63, 3.8) is 0 Å². The highest BCUT2D eigenvalue weighted by Crippen LogP contribution is 2.40. The van der Waals surface area contributed by atoms with E-state index < -0.39 is 5.97 Å². The van der Waals surface area contributed by atoms with E-state index in [0.29, 0.717) is 35.1 Å². The molecule has 2 fully saturated rings. The molecule has 0 radical (unpaired) electrons. The largest absolute Gasteiger partial charge is 0.484 e. The first-order chi connectivity index (χ1) is 18.4. The summed E-state index contributed by atoms with van der Waals surface area (Å²) in [6.45, 7) is 10.4. The quantitative estimate of drug-likeness (QED) is 0.254. The Morgan fingerprint density at radius 3 is 2.46 bits per heavy atom. The van der Waals surface area contributed by atoms with Gasteiger partial charge in [0.05, 0.1) is 16.7 Å². The summed E-state index contributed by atoms with van der Waals surface area (Å²) in [5.41, 5.74) is 0.263. The lowest BCUT2D eigenvalue weighted by Crippen LogP contribution is -2.48. The maximum atomic E-state index is 14.3. The maximum absolute atomic E-state index is 14.3. The van der Waals surface area contributed by atoms with Crippen LogP contribution in [0, 0.1) is 35.0 Å². The number of pyridine rings is 1. The highest BCUT2D eigenvalue weighted by molar-refractivity contribution is 7.15. The first-order valence-corrected chi connectivity index (χ1v) is 14.8. The fourth-order valence-corrected chi connectivity index (χ4v) is 6.70. The van der Waals surface area contributed by atoms with Gasteiger partial charge in [0.25, 0.3) is 6.20 Å². The van der Waals surface area contributed by atoms with Crippen molar-refractivity contribution in [2.75, 3.05) is 4.90 Å². The Bertz CT molecular complexity index is 1250. The lowest BCUT2D eigenvalue weighted by Gasteiger charge is -2.41. The second kappa shape index (κ2) is 12.0. The summed E-state index contributed by atoms with van der Waals surface area (Å²) >= 11 is 1.15. The van der Waals surface area contributed by atoms with E-state index in [1.54, 1.807) is 6.07 Å². The van der Waals surface area contributed by atoms with E-state index in [9.17, 15) is 19.9 Å². The molecular weight excluding hydrogens is 512 g/mol. The zero-order chi connectivity index (χ0) is 28.3. The molecule has 0 bridgehead atoms. The van der Waals surface area contributed by atoms with Crippen LogP contribution >= 0.6 is 11.3 Å². The van der Waals surface area contributed by atoms with E-state index in [4.69, 9.17) is 4.74 Å². The Labute approximate surface area is 235 Å². The number of ether oxygens (including phenoxy) is 1. The van der Waals surface area contributed by atoms with E-state index in [-0.39, 0.29) is 40.2 Å². The summed E-state index contributed by atoms with van der Waals surface area (Å²) in [5.74, 6) is 6.68. The molecule has 2 aromatic heterocycles. The topological polar surface area (TPSA) is 91.0 Å². The van der Waals surface area contributed by atoms with Crippen molar-refractivity contribution in [2.24, 2.45) is 23.2 Å². The summed E-state index contributed by atoms with van der Waals surface area (Å²) < 4.78 is 7.08. The maximum Gasteiger partial charge on any atom is 0.348 e. The number of rotatable bonds is 6. The SMILES string of the molecule is CC1CCC(C(=O)N(c2cc(C#CC(C)(C)C)sc2C(=O)O)C2CCC(Oc3ccc[n+](O)c3)CC2)C(C)C1. The van der Waals surface area contributed by atoms with Gasteiger partial charge in [0.2, 0.25) is 12.1 Å². The van der Waals surface area contributed by atoms with Crippen LogP contribution in [0.3, 0.4) is 0 Å². The third kappa shape index (κ3) is 7.33. The zero-order valence-electron chi connectivity index (χ0n) is 23.6. The van der Waals surface area contributed by atoms with Crippen LogP contribution in [0.5, 0.6) is 5.75 Å². The van der Waals surface area contributed by atoms with Gasteiger partial charge in [-0.05, 0) is 89.7 Å². The number of carbonyl (C=O) groups is 2. The summed E-state index contributed by atoms with van der Waals surface area (Å²) in [5, 5.41) is 19.8. The normalized spacial score (nSPS) is 25.3. The van der Waals surface area contributed by atoms with Gasteiger partial charge in [0, 0.05) is 28.2 Å². The number of carboxylic acid groups (broad SMARTS) is 1. The number of anilines is 1. The zero-order valence-corrected chi connectivity index (χ0v) is 24.5. The van der Waals surface area contributed by atoms with Crippen molar-refractivity contribution < 1.29 is 29.4 Å². The van der Waals surface area contributed by atoms with Crippen LogP contribution in [-0.2, 0) is 4.79 Å². The molecule has 2 heterocycles.